The van der Waals surface area contributed by atoms with Crippen molar-refractivity contribution in [2.45, 2.75) is 88.1 Å². The molecule has 0 radical (unpaired) electrons. The topological polar surface area (TPSA) is 265 Å². The van der Waals surface area contributed by atoms with Crippen molar-refractivity contribution in [3.05, 3.63) is 61.7 Å². The van der Waals surface area contributed by atoms with Crippen LogP contribution < -0.4 is 10.5 Å². The lowest BCUT2D eigenvalue weighted by Crippen LogP contribution is -2.53. The minimum Gasteiger partial charge on any atom is -0.507 e. The molecule has 1 fully saturated rings. The second-order valence-electron chi connectivity index (χ2n) is 12.5. The van der Waals surface area contributed by atoms with Crippen LogP contribution in [0.3, 0.4) is 0 Å². The second-order valence-corrected chi connectivity index (χ2v) is 12.5. The van der Waals surface area contributed by atoms with Gasteiger partial charge in [-0.1, -0.05) is 18.6 Å². The lowest BCUT2D eigenvalue weighted by Gasteiger charge is -2.42. The number of ketones is 3. The number of rotatable bonds is 13. The number of phenols is 2. The van der Waals surface area contributed by atoms with E-state index in [0.29, 0.717) is 12.8 Å². The standard InChI is InChI=1S/C33H38N2O15.ClH/c1-15-28(38)18(34)11-23(49-15)50-20-13-33(43,21(36)14-47-22(37)9-4-3-5-10-48-35(44)45)12-17-25(20)32(42)27-26(30(17)40)29(39)16-7-6-8-19(46-2)24(16)31(27)41;/h6-8,15,18,20,23,28,38,40,42-43H,3-5,9-14,34H2,1-2H3;1H/t15-,18-,20-,23-,28+,33-;/m0./s1. The molecule has 0 spiro atoms. The van der Waals surface area contributed by atoms with Crippen LogP contribution in [0.5, 0.6) is 17.2 Å². The van der Waals surface area contributed by atoms with E-state index >= 15 is 0 Å². The number of carbonyl (C=O) groups is 4. The van der Waals surface area contributed by atoms with Gasteiger partial charge in [-0.15, -0.1) is 22.5 Å². The van der Waals surface area contributed by atoms with Crippen LogP contribution in [0.1, 0.15) is 94.5 Å². The van der Waals surface area contributed by atoms with Crippen molar-refractivity contribution in [3.8, 4) is 17.2 Å². The van der Waals surface area contributed by atoms with Crippen LogP contribution in [-0.2, 0) is 35.1 Å². The minimum atomic E-state index is -2.37. The summed E-state index contributed by atoms with van der Waals surface area (Å²) in [5, 5.41) is 54.6. The Labute approximate surface area is 297 Å². The molecule has 1 heterocycles. The number of halogens is 1. The number of benzene rings is 2. The molecule has 6 N–H and O–H groups in total. The van der Waals surface area contributed by atoms with Crippen LogP contribution in [0, 0.1) is 10.1 Å². The number of nitrogens with zero attached hydrogens (tertiary/aromatic N) is 1. The molecule has 2 aromatic carbocycles. The van der Waals surface area contributed by atoms with Gasteiger partial charge in [0.1, 0.15) is 22.8 Å². The normalized spacial score (nSPS) is 25.1. The first-order valence-electron chi connectivity index (χ1n) is 16.0. The second kappa shape index (κ2) is 15.9. The highest BCUT2D eigenvalue weighted by atomic mass is 35.5. The van der Waals surface area contributed by atoms with E-state index in [1.54, 1.807) is 6.92 Å². The fourth-order valence-corrected chi connectivity index (χ4v) is 6.64. The lowest BCUT2D eigenvalue weighted by atomic mass is 9.72. The number of esters is 1. The van der Waals surface area contributed by atoms with Crippen molar-refractivity contribution in [1.82, 2.24) is 0 Å². The summed E-state index contributed by atoms with van der Waals surface area (Å²) in [6.45, 7) is 0.540. The average molecular weight is 739 g/mol. The Morgan fingerprint density at radius 1 is 1.10 bits per heavy atom. The van der Waals surface area contributed by atoms with Gasteiger partial charge in [-0.2, -0.15) is 0 Å². The van der Waals surface area contributed by atoms with Gasteiger partial charge in [0.2, 0.25) is 11.6 Å². The first-order chi connectivity index (χ1) is 23.7. The van der Waals surface area contributed by atoms with E-state index in [0.717, 1.165) is 0 Å². The Hall–Kier alpha value is -4.39. The van der Waals surface area contributed by atoms with Crippen LogP contribution >= 0.6 is 12.4 Å². The van der Waals surface area contributed by atoms with Crippen LogP contribution in [-0.4, -0.2) is 99.3 Å². The average Bonchev–Trinajstić information content (AvgIpc) is 3.07. The summed E-state index contributed by atoms with van der Waals surface area (Å²) in [5.41, 5.74) is 1.99. The maximum absolute atomic E-state index is 13.9. The van der Waals surface area contributed by atoms with Gasteiger partial charge in [0.05, 0.1) is 48.7 Å². The predicted molar refractivity (Wildman–Crippen MR) is 174 cm³/mol. The quantitative estimate of drug-likeness (QED) is 0.0549. The van der Waals surface area contributed by atoms with Gasteiger partial charge in [-0.25, -0.2) is 0 Å². The molecule has 2 aliphatic carbocycles. The number of methoxy groups -OCH3 is 1. The third-order valence-corrected chi connectivity index (χ3v) is 9.25. The summed E-state index contributed by atoms with van der Waals surface area (Å²) in [6, 6.07) is 3.50. The molecule has 278 valence electrons. The summed E-state index contributed by atoms with van der Waals surface area (Å²) in [4.78, 5) is 67.9. The smallest absolute Gasteiger partial charge is 0.306 e. The zero-order chi connectivity index (χ0) is 36.5. The molecule has 17 nitrogen and oxygen atoms in total. The number of Topliss-reactive ketones (excluding diaryl/α,β-unsaturated/α-hetero) is 1. The largest absolute Gasteiger partial charge is 0.507 e. The van der Waals surface area contributed by atoms with Crippen molar-refractivity contribution in [2.24, 2.45) is 5.73 Å². The highest BCUT2D eigenvalue weighted by Crippen LogP contribution is 2.52. The maximum Gasteiger partial charge on any atom is 0.306 e. The molecule has 2 aromatic rings. The fourth-order valence-electron chi connectivity index (χ4n) is 6.64. The molecular formula is C33H39ClN2O15. The summed E-state index contributed by atoms with van der Waals surface area (Å²) in [6.07, 6.45) is -4.77. The maximum atomic E-state index is 13.9. The summed E-state index contributed by atoms with van der Waals surface area (Å²) in [7, 11) is 1.30. The molecular weight excluding hydrogens is 700 g/mol. The van der Waals surface area contributed by atoms with Gasteiger partial charge in [0, 0.05) is 48.4 Å². The molecule has 0 aromatic heterocycles. The Morgan fingerprint density at radius 3 is 2.47 bits per heavy atom. The molecule has 3 aliphatic rings. The molecule has 5 rings (SSSR count). The zero-order valence-corrected chi connectivity index (χ0v) is 28.5. The van der Waals surface area contributed by atoms with Gasteiger partial charge >= 0.3 is 5.97 Å². The first kappa shape index (κ1) is 39.4. The molecule has 0 saturated carbocycles. The van der Waals surface area contributed by atoms with Crippen molar-refractivity contribution in [3.63, 3.8) is 0 Å². The van der Waals surface area contributed by atoms with Crippen LogP contribution in [0.2, 0.25) is 0 Å². The number of aliphatic hydroxyl groups is 2. The van der Waals surface area contributed by atoms with E-state index in [1.165, 1.54) is 25.3 Å². The number of nitrogens with two attached hydrogens (primary N) is 1. The third-order valence-electron chi connectivity index (χ3n) is 9.25. The number of hydrogen-bond acceptors (Lipinski definition) is 16. The number of unbranched alkanes of at least 4 members (excludes halogenated alkanes) is 2. The monoisotopic (exact) mass is 738 g/mol. The van der Waals surface area contributed by atoms with Gasteiger partial charge in [-0.05, 0) is 25.8 Å². The van der Waals surface area contributed by atoms with E-state index in [2.05, 4.69) is 4.84 Å². The van der Waals surface area contributed by atoms with Crippen LogP contribution in [0.25, 0.3) is 0 Å². The Bertz CT molecular complexity index is 1710. The van der Waals surface area contributed by atoms with Crippen molar-refractivity contribution >= 4 is 35.7 Å². The van der Waals surface area contributed by atoms with E-state index in [-0.39, 0.29) is 66.3 Å². The first-order valence-corrected chi connectivity index (χ1v) is 16.0. The molecule has 0 amide bonds. The molecule has 6 atom stereocenters. The number of ether oxygens (including phenoxy) is 4. The van der Waals surface area contributed by atoms with Gasteiger partial charge in [0.25, 0.3) is 5.09 Å². The number of fused-ring (bicyclic) bond motifs is 3. The third kappa shape index (κ3) is 7.78. The van der Waals surface area contributed by atoms with Crippen molar-refractivity contribution in [1.29, 1.82) is 0 Å². The molecule has 1 saturated heterocycles. The highest BCUT2D eigenvalue weighted by molar-refractivity contribution is 6.31. The van der Waals surface area contributed by atoms with Crippen LogP contribution in [0.4, 0.5) is 0 Å². The number of aromatic hydroxyl groups is 2. The molecule has 51 heavy (non-hydrogen) atoms. The van der Waals surface area contributed by atoms with Crippen molar-refractivity contribution in [2.75, 3.05) is 20.3 Å². The Morgan fingerprint density at radius 2 is 1.80 bits per heavy atom. The SMILES string of the molecule is COc1cccc2c1C(=O)c1c(O)c3c(c(O)c1C2=O)C[C@@](O)(C(=O)COC(=O)CCCCCO[N+](=O)[O-])C[C@@H]3O[C@H]1C[C@H](N)[C@H](O)[C@H](C)O1.Cl. The zero-order valence-electron chi connectivity index (χ0n) is 27.7. The van der Waals surface area contributed by atoms with Gasteiger partial charge < -0.3 is 49.9 Å². The predicted octanol–water partition coefficient (Wildman–Crippen LogP) is 1.74. The summed E-state index contributed by atoms with van der Waals surface area (Å²) >= 11 is 0. The summed E-state index contributed by atoms with van der Waals surface area (Å²) < 4.78 is 22.3. The molecule has 1 aliphatic heterocycles. The van der Waals surface area contributed by atoms with Crippen molar-refractivity contribution < 1.29 is 68.5 Å². The van der Waals surface area contributed by atoms with Gasteiger partial charge in [0.15, 0.2) is 18.7 Å². The molecule has 18 heteroatoms. The number of hydrogen-bond donors (Lipinski definition) is 5. The van der Waals surface area contributed by atoms with E-state index in [1.807, 2.05) is 0 Å². The van der Waals surface area contributed by atoms with Gasteiger partial charge in [-0.3, -0.25) is 19.2 Å². The van der Waals surface area contributed by atoms with E-state index in [4.69, 9.17) is 24.7 Å². The highest BCUT2D eigenvalue weighted by Gasteiger charge is 2.50. The number of carbonyl (C=O) groups excluding carboxylic acids is 4. The number of aliphatic hydroxyl groups excluding tert-OH is 1. The number of phenolic OH excluding ortho intramolecular Hbond substituents is 2. The van der Waals surface area contributed by atoms with Crippen LogP contribution in [0.15, 0.2) is 18.2 Å². The Balaban J connectivity index is 0.00000583. The fraction of sp³-hybridized carbons (Fsp3) is 0.515. The molecule has 0 unspecified atom stereocenters. The summed E-state index contributed by atoms with van der Waals surface area (Å²) in [5.74, 6) is -4.80. The van der Waals surface area contributed by atoms with E-state index in [9.17, 15) is 49.7 Å². The molecule has 0 bridgehead atoms. The lowest BCUT2D eigenvalue weighted by molar-refractivity contribution is -0.757. The minimum absolute atomic E-state index is 0. The Kier molecular flexibility index (Phi) is 12.3. The van der Waals surface area contributed by atoms with E-state index < -0.39 is 107 Å².